The Morgan fingerprint density at radius 3 is 1.52 bits per heavy atom. The summed E-state index contributed by atoms with van der Waals surface area (Å²) in [5.41, 5.74) is 0.661. The molecule has 21 heavy (non-hydrogen) atoms. The Morgan fingerprint density at radius 1 is 0.810 bits per heavy atom. The fourth-order valence-corrected chi connectivity index (χ4v) is 4.49. The first-order valence-corrected chi connectivity index (χ1v) is 8.85. The minimum Gasteiger partial charge on any atom is -0.290 e. The van der Waals surface area contributed by atoms with E-state index in [0.29, 0.717) is 29.3 Å². The van der Waals surface area contributed by atoms with Gasteiger partial charge in [-0.2, -0.15) is 0 Å². The van der Waals surface area contributed by atoms with Crippen molar-refractivity contribution >= 4 is 0 Å². The van der Waals surface area contributed by atoms with Crippen LogP contribution >= 0.6 is 0 Å². The number of hydrogen-bond donors (Lipinski definition) is 0. The van der Waals surface area contributed by atoms with Gasteiger partial charge in [-0.05, 0) is 68.2 Å². The molecular weight excluding hydrogens is 258 g/mol. The number of rotatable bonds is 4. The maximum absolute atomic E-state index is 2.78. The van der Waals surface area contributed by atoms with Crippen molar-refractivity contribution in [1.82, 2.24) is 14.7 Å². The van der Waals surface area contributed by atoms with Gasteiger partial charge in [0.05, 0.1) is 6.17 Å². The van der Waals surface area contributed by atoms with Crippen molar-refractivity contribution in [3.63, 3.8) is 0 Å². The van der Waals surface area contributed by atoms with E-state index in [1.807, 2.05) is 0 Å². The van der Waals surface area contributed by atoms with Gasteiger partial charge in [0.2, 0.25) is 0 Å². The number of likely N-dealkylation sites (tertiary alicyclic amines) is 1. The zero-order chi connectivity index (χ0) is 16.0. The molecule has 0 aliphatic carbocycles. The van der Waals surface area contributed by atoms with E-state index in [-0.39, 0.29) is 0 Å². The fourth-order valence-electron chi connectivity index (χ4n) is 4.49. The molecule has 2 heterocycles. The summed E-state index contributed by atoms with van der Waals surface area (Å²) in [4.78, 5) is 8.18. The van der Waals surface area contributed by atoms with Crippen LogP contribution in [0, 0.1) is 0 Å². The molecule has 124 valence electrons. The average molecular weight is 296 g/mol. The van der Waals surface area contributed by atoms with Crippen molar-refractivity contribution < 1.29 is 0 Å². The van der Waals surface area contributed by atoms with Crippen LogP contribution in [0.25, 0.3) is 0 Å². The Balaban J connectivity index is 2.21. The summed E-state index contributed by atoms with van der Waals surface area (Å²) in [6.45, 7) is 22.7. The molecule has 2 fully saturated rings. The van der Waals surface area contributed by atoms with Gasteiger partial charge in [-0.25, -0.2) is 0 Å². The van der Waals surface area contributed by atoms with Crippen LogP contribution in [0.3, 0.4) is 0 Å². The van der Waals surface area contributed by atoms with E-state index in [1.54, 1.807) is 0 Å². The topological polar surface area (TPSA) is 9.72 Å². The van der Waals surface area contributed by atoms with Crippen molar-refractivity contribution in [1.29, 1.82) is 0 Å². The molecule has 0 bridgehead atoms. The highest BCUT2D eigenvalue weighted by Gasteiger charge is 2.47. The molecule has 0 aromatic rings. The molecular formula is C18H37N3. The van der Waals surface area contributed by atoms with E-state index >= 15 is 0 Å². The lowest BCUT2D eigenvalue weighted by atomic mass is 10.0. The van der Waals surface area contributed by atoms with E-state index in [0.717, 1.165) is 0 Å². The highest BCUT2D eigenvalue weighted by Crippen LogP contribution is 2.41. The molecule has 0 radical (unpaired) electrons. The summed E-state index contributed by atoms with van der Waals surface area (Å²) in [7, 11) is 0. The highest BCUT2D eigenvalue weighted by atomic mass is 15.5. The minimum atomic E-state index is 0.331. The van der Waals surface area contributed by atoms with Crippen LogP contribution in [-0.2, 0) is 0 Å². The molecule has 2 saturated heterocycles. The lowest BCUT2D eigenvalue weighted by Gasteiger charge is -2.46. The molecule has 0 aromatic heterocycles. The van der Waals surface area contributed by atoms with Crippen LogP contribution < -0.4 is 0 Å². The second-order valence-electron chi connectivity index (χ2n) is 8.88. The molecule has 0 saturated carbocycles. The van der Waals surface area contributed by atoms with Gasteiger partial charge in [-0.1, -0.05) is 0 Å². The van der Waals surface area contributed by atoms with E-state index < -0.39 is 0 Å². The molecule has 3 heteroatoms. The van der Waals surface area contributed by atoms with Gasteiger partial charge in [0, 0.05) is 42.8 Å². The van der Waals surface area contributed by atoms with Gasteiger partial charge in [0.15, 0.2) is 0 Å². The summed E-state index contributed by atoms with van der Waals surface area (Å²) in [5.74, 6) is 0. The van der Waals surface area contributed by atoms with Crippen LogP contribution in [0.2, 0.25) is 0 Å². The Bertz CT molecular complexity index is 327. The first-order valence-electron chi connectivity index (χ1n) is 8.85. The van der Waals surface area contributed by atoms with E-state index in [1.165, 1.54) is 32.5 Å². The predicted octanol–water partition coefficient (Wildman–Crippen LogP) is 3.40. The lowest BCUT2D eigenvalue weighted by molar-refractivity contribution is -0.00281. The van der Waals surface area contributed by atoms with E-state index in [4.69, 9.17) is 0 Å². The average Bonchev–Trinajstić information content (AvgIpc) is 2.84. The van der Waals surface area contributed by atoms with E-state index in [2.05, 4.69) is 70.1 Å². The Kier molecular flexibility index (Phi) is 4.78. The molecule has 2 aliphatic heterocycles. The van der Waals surface area contributed by atoms with Crippen molar-refractivity contribution in [2.75, 3.05) is 19.6 Å². The molecule has 2 aliphatic rings. The first kappa shape index (κ1) is 17.2. The van der Waals surface area contributed by atoms with Gasteiger partial charge >= 0.3 is 0 Å². The van der Waals surface area contributed by atoms with Crippen LogP contribution in [0.1, 0.15) is 68.2 Å². The Labute approximate surface area is 132 Å². The smallest absolute Gasteiger partial charge is 0.0759 e. The Morgan fingerprint density at radius 2 is 1.19 bits per heavy atom. The second-order valence-corrected chi connectivity index (χ2v) is 8.88. The third kappa shape index (κ3) is 3.30. The monoisotopic (exact) mass is 295 g/mol. The molecule has 0 unspecified atom stereocenters. The summed E-state index contributed by atoms with van der Waals surface area (Å²) < 4.78 is 0. The highest BCUT2D eigenvalue weighted by molar-refractivity contribution is 5.02. The molecule has 0 atom stereocenters. The molecule has 0 spiro atoms. The molecule has 0 amide bonds. The minimum absolute atomic E-state index is 0.331. The SMILES string of the molecule is CC(C)N1CCN(C(C)C)C1CN1C(C)(C)CCC1(C)C. The zero-order valence-electron chi connectivity index (χ0n) is 15.6. The maximum Gasteiger partial charge on any atom is 0.0759 e. The lowest BCUT2D eigenvalue weighted by Crippen LogP contribution is -2.58. The van der Waals surface area contributed by atoms with Gasteiger partial charge in [-0.3, -0.25) is 14.7 Å². The number of nitrogens with zero attached hydrogens (tertiary/aromatic N) is 3. The summed E-state index contributed by atoms with van der Waals surface area (Å²) >= 11 is 0. The predicted molar refractivity (Wildman–Crippen MR) is 91.6 cm³/mol. The van der Waals surface area contributed by atoms with Crippen LogP contribution in [0.15, 0.2) is 0 Å². The van der Waals surface area contributed by atoms with Crippen molar-refractivity contribution in [3.05, 3.63) is 0 Å². The summed E-state index contributed by atoms with van der Waals surface area (Å²) in [5, 5.41) is 0. The fraction of sp³-hybridized carbons (Fsp3) is 1.00. The van der Waals surface area contributed by atoms with Crippen LogP contribution in [-0.4, -0.2) is 63.7 Å². The Hall–Kier alpha value is -0.120. The van der Waals surface area contributed by atoms with Crippen LogP contribution in [0.5, 0.6) is 0 Å². The molecule has 2 rings (SSSR count). The van der Waals surface area contributed by atoms with Crippen molar-refractivity contribution in [2.45, 2.75) is 97.6 Å². The van der Waals surface area contributed by atoms with Crippen LogP contribution in [0.4, 0.5) is 0 Å². The first-order chi connectivity index (χ1) is 9.56. The van der Waals surface area contributed by atoms with Gasteiger partial charge in [0.1, 0.15) is 0 Å². The number of hydrogen-bond acceptors (Lipinski definition) is 3. The molecule has 3 nitrogen and oxygen atoms in total. The largest absolute Gasteiger partial charge is 0.290 e. The van der Waals surface area contributed by atoms with Crippen molar-refractivity contribution in [2.24, 2.45) is 0 Å². The summed E-state index contributed by atoms with van der Waals surface area (Å²) in [6, 6.07) is 1.26. The molecule has 0 aromatic carbocycles. The van der Waals surface area contributed by atoms with E-state index in [9.17, 15) is 0 Å². The summed E-state index contributed by atoms with van der Waals surface area (Å²) in [6.07, 6.45) is 3.20. The van der Waals surface area contributed by atoms with Gasteiger partial charge < -0.3 is 0 Å². The standard InChI is InChI=1S/C18H37N3/c1-14(2)19-11-12-20(15(3)4)16(19)13-21-17(5,6)9-10-18(21,7)8/h14-16H,9-13H2,1-8H3. The third-order valence-electron chi connectivity index (χ3n) is 5.86. The second kappa shape index (κ2) is 5.82. The third-order valence-corrected chi connectivity index (χ3v) is 5.86. The quantitative estimate of drug-likeness (QED) is 0.787. The van der Waals surface area contributed by atoms with Gasteiger partial charge in [0.25, 0.3) is 0 Å². The maximum atomic E-state index is 2.78. The zero-order valence-corrected chi connectivity index (χ0v) is 15.6. The van der Waals surface area contributed by atoms with Gasteiger partial charge in [-0.15, -0.1) is 0 Å². The molecule has 0 N–H and O–H groups in total. The normalized spacial score (nSPS) is 28.3. The van der Waals surface area contributed by atoms with Crippen molar-refractivity contribution in [3.8, 4) is 0 Å².